The predicted octanol–water partition coefficient (Wildman–Crippen LogP) is 1.95. The summed E-state index contributed by atoms with van der Waals surface area (Å²) in [5.74, 6) is 0. The van der Waals surface area contributed by atoms with E-state index in [0.717, 1.165) is 44.7 Å². The van der Waals surface area contributed by atoms with E-state index in [-0.39, 0.29) is 0 Å². The highest BCUT2D eigenvalue weighted by molar-refractivity contribution is 5.78. The molecule has 0 spiro atoms. The second kappa shape index (κ2) is 8.64. The van der Waals surface area contributed by atoms with Gasteiger partial charge in [-0.1, -0.05) is 12.1 Å². The van der Waals surface area contributed by atoms with Crippen LogP contribution in [-0.2, 0) is 11.3 Å². The zero-order valence-electron chi connectivity index (χ0n) is 12.1. The van der Waals surface area contributed by atoms with Crippen LogP contribution in [0.5, 0.6) is 0 Å². The molecule has 1 aromatic carbocycles. The highest BCUT2D eigenvalue weighted by Crippen LogP contribution is 2.12. The lowest BCUT2D eigenvalue weighted by atomic mass is 10.1. The molecule has 1 aromatic heterocycles. The fourth-order valence-corrected chi connectivity index (χ4v) is 2.11. The molecule has 0 unspecified atom stereocenters. The van der Waals surface area contributed by atoms with Crippen LogP contribution in [-0.4, -0.2) is 38.3 Å². The lowest BCUT2D eigenvalue weighted by molar-refractivity contribution is 0.199. The number of pyridine rings is 1. The maximum atomic E-state index is 4.98. The highest BCUT2D eigenvalue weighted by atomic mass is 16.5. The summed E-state index contributed by atoms with van der Waals surface area (Å²) < 4.78 is 4.98. The van der Waals surface area contributed by atoms with Crippen LogP contribution >= 0.6 is 0 Å². The quantitative estimate of drug-likeness (QED) is 0.686. The molecule has 0 saturated heterocycles. The van der Waals surface area contributed by atoms with E-state index in [1.807, 2.05) is 12.3 Å². The SMILES string of the molecule is COCCNCCCNCc1ccc2ncccc2c1. The Labute approximate surface area is 120 Å². The smallest absolute Gasteiger partial charge is 0.0702 e. The second-order valence-corrected chi connectivity index (χ2v) is 4.80. The number of aromatic nitrogens is 1. The summed E-state index contributed by atoms with van der Waals surface area (Å²) >= 11 is 0. The minimum Gasteiger partial charge on any atom is -0.383 e. The van der Waals surface area contributed by atoms with Gasteiger partial charge in [0.1, 0.15) is 0 Å². The Morgan fingerprint density at radius 1 is 1.10 bits per heavy atom. The fourth-order valence-electron chi connectivity index (χ4n) is 2.11. The number of hydrogen-bond donors (Lipinski definition) is 2. The van der Waals surface area contributed by atoms with Gasteiger partial charge in [-0.3, -0.25) is 4.98 Å². The molecule has 0 bridgehead atoms. The molecule has 108 valence electrons. The van der Waals surface area contributed by atoms with Gasteiger partial charge in [-0.05, 0) is 43.3 Å². The van der Waals surface area contributed by atoms with Gasteiger partial charge >= 0.3 is 0 Å². The Balaban J connectivity index is 1.65. The Bertz CT molecular complexity index is 516. The van der Waals surface area contributed by atoms with E-state index in [4.69, 9.17) is 4.74 Å². The van der Waals surface area contributed by atoms with Crippen LogP contribution in [0, 0.1) is 0 Å². The molecule has 2 N–H and O–H groups in total. The minimum atomic E-state index is 0.776. The molecule has 20 heavy (non-hydrogen) atoms. The molecule has 0 aliphatic rings. The second-order valence-electron chi connectivity index (χ2n) is 4.80. The van der Waals surface area contributed by atoms with Crippen LogP contribution in [0.15, 0.2) is 36.5 Å². The average molecular weight is 273 g/mol. The van der Waals surface area contributed by atoms with Crippen LogP contribution in [0.25, 0.3) is 10.9 Å². The molecule has 0 atom stereocenters. The van der Waals surface area contributed by atoms with E-state index in [9.17, 15) is 0 Å². The molecular formula is C16H23N3O. The van der Waals surface area contributed by atoms with Crippen molar-refractivity contribution in [3.8, 4) is 0 Å². The molecule has 0 radical (unpaired) electrons. The predicted molar refractivity (Wildman–Crippen MR) is 82.8 cm³/mol. The van der Waals surface area contributed by atoms with Crippen LogP contribution in [0.1, 0.15) is 12.0 Å². The summed E-state index contributed by atoms with van der Waals surface area (Å²) in [6.07, 6.45) is 2.95. The van der Waals surface area contributed by atoms with Crippen molar-refractivity contribution in [3.63, 3.8) is 0 Å². The summed E-state index contributed by atoms with van der Waals surface area (Å²) in [6.45, 7) is 4.65. The van der Waals surface area contributed by atoms with E-state index >= 15 is 0 Å². The summed E-state index contributed by atoms with van der Waals surface area (Å²) in [5.41, 5.74) is 2.36. The minimum absolute atomic E-state index is 0.776. The van der Waals surface area contributed by atoms with E-state index < -0.39 is 0 Å². The third kappa shape index (κ3) is 4.89. The number of ether oxygens (including phenoxy) is 1. The van der Waals surface area contributed by atoms with Crippen LogP contribution in [0.4, 0.5) is 0 Å². The maximum Gasteiger partial charge on any atom is 0.0702 e. The van der Waals surface area contributed by atoms with Crippen LogP contribution in [0.3, 0.4) is 0 Å². The zero-order valence-corrected chi connectivity index (χ0v) is 12.1. The number of nitrogens with one attached hydrogen (secondary N) is 2. The van der Waals surface area contributed by atoms with Crippen molar-refractivity contribution < 1.29 is 4.74 Å². The monoisotopic (exact) mass is 273 g/mol. The average Bonchev–Trinajstić information content (AvgIpc) is 2.50. The number of rotatable bonds is 9. The molecule has 0 aliphatic carbocycles. The van der Waals surface area contributed by atoms with E-state index in [2.05, 4.69) is 39.9 Å². The van der Waals surface area contributed by atoms with Gasteiger partial charge in [0.2, 0.25) is 0 Å². The van der Waals surface area contributed by atoms with Crippen molar-refractivity contribution in [2.24, 2.45) is 0 Å². The molecule has 2 aromatic rings. The van der Waals surface area contributed by atoms with Gasteiger partial charge in [0, 0.05) is 31.8 Å². The van der Waals surface area contributed by atoms with Crippen molar-refractivity contribution in [3.05, 3.63) is 42.1 Å². The number of nitrogens with zero attached hydrogens (tertiary/aromatic N) is 1. The molecular weight excluding hydrogens is 250 g/mol. The zero-order chi connectivity index (χ0) is 14.0. The molecule has 1 heterocycles. The van der Waals surface area contributed by atoms with Gasteiger partial charge < -0.3 is 15.4 Å². The third-order valence-electron chi connectivity index (χ3n) is 3.19. The molecule has 4 heteroatoms. The van der Waals surface area contributed by atoms with Crippen molar-refractivity contribution in [2.45, 2.75) is 13.0 Å². The Hall–Kier alpha value is -1.49. The first-order chi connectivity index (χ1) is 9.90. The number of hydrogen-bond acceptors (Lipinski definition) is 4. The fraction of sp³-hybridized carbons (Fsp3) is 0.438. The number of fused-ring (bicyclic) bond motifs is 1. The van der Waals surface area contributed by atoms with Gasteiger partial charge in [0.15, 0.2) is 0 Å². The van der Waals surface area contributed by atoms with E-state index in [0.29, 0.717) is 0 Å². The number of benzene rings is 1. The standard InChI is InChI=1S/C16H23N3O/c1-20-11-10-17-7-3-8-18-13-14-5-6-16-15(12-14)4-2-9-19-16/h2,4-6,9,12,17-18H,3,7-8,10-11,13H2,1H3. The van der Waals surface area contributed by atoms with Crippen molar-refractivity contribution in [1.82, 2.24) is 15.6 Å². The Morgan fingerprint density at radius 2 is 2.00 bits per heavy atom. The van der Waals surface area contributed by atoms with Gasteiger partial charge in [-0.2, -0.15) is 0 Å². The van der Waals surface area contributed by atoms with E-state index in [1.54, 1.807) is 7.11 Å². The van der Waals surface area contributed by atoms with Crippen molar-refractivity contribution >= 4 is 10.9 Å². The summed E-state index contributed by atoms with van der Waals surface area (Å²) in [7, 11) is 1.72. The van der Waals surface area contributed by atoms with E-state index in [1.165, 1.54) is 10.9 Å². The van der Waals surface area contributed by atoms with Crippen molar-refractivity contribution in [1.29, 1.82) is 0 Å². The largest absolute Gasteiger partial charge is 0.383 e. The molecule has 0 aliphatic heterocycles. The molecule has 2 rings (SSSR count). The third-order valence-corrected chi connectivity index (χ3v) is 3.19. The van der Waals surface area contributed by atoms with Crippen LogP contribution < -0.4 is 10.6 Å². The Kier molecular flexibility index (Phi) is 6.44. The lowest BCUT2D eigenvalue weighted by Gasteiger charge is -2.07. The first-order valence-corrected chi connectivity index (χ1v) is 7.14. The normalized spacial score (nSPS) is 11.1. The van der Waals surface area contributed by atoms with Gasteiger partial charge in [0.05, 0.1) is 12.1 Å². The summed E-state index contributed by atoms with van der Waals surface area (Å²) in [6, 6.07) is 10.5. The molecule has 4 nitrogen and oxygen atoms in total. The first-order valence-electron chi connectivity index (χ1n) is 7.14. The highest BCUT2D eigenvalue weighted by Gasteiger charge is 1.97. The Morgan fingerprint density at radius 3 is 2.90 bits per heavy atom. The van der Waals surface area contributed by atoms with Crippen molar-refractivity contribution in [2.75, 3.05) is 33.4 Å². The molecule has 0 amide bonds. The lowest BCUT2D eigenvalue weighted by Crippen LogP contribution is -2.24. The first kappa shape index (κ1) is 14.9. The van der Waals surface area contributed by atoms with Gasteiger partial charge in [-0.15, -0.1) is 0 Å². The molecule has 0 fully saturated rings. The number of methoxy groups -OCH3 is 1. The van der Waals surface area contributed by atoms with Gasteiger partial charge in [-0.25, -0.2) is 0 Å². The summed E-state index contributed by atoms with van der Waals surface area (Å²) in [5, 5.41) is 8.00. The maximum absolute atomic E-state index is 4.98. The topological polar surface area (TPSA) is 46.2 Å². The van der Waals surface area contributed by atoms with Crippen LogP contribution in [0.2, 0.25) is 0 Å². The van der Waals surface area contributed by atoms with Gasteiger partial charge in [0.25, 0.3) is 0 Å². The summed E-state index contributed by atoms with van der Waals surface area (Å²) in [4.78, 5) is 4.33. The molecule has 0 saturated carbocycles.